The van der Waals surface area contributed by atoms with E-state index >= 15 is 0 Å². The average molecular weight is 281 g/mol. The van der Waals surface area contributed by atoms with E-state index in [2.05, 4.69) is 25.0 Å². The van der Waals surface area contributed by atoms with Gasteiger partial charge in [0.2, 0.25) is 0 Å². The van der Waals surface area contributed by atoms with E-state index in [1.165, 1.54) is 0 Å². The summed E-state index contributed by atoms with van der Waals surface area (Å²) in [6.07, 6.45) is 1.77. The lowest BCUT2D eigenvalue weighted by Gasteiger charge is -2.11. The van der Waals surface area contributed by atoms with Crippen molar-refractivity contribution in [1.29, 1.82) is 0 Å². The molecule has 1 aromatic carbocycles. The highest BCUT2D eigenvalue weighted by Gasteiger charge is 2.13. The number of aryl methyl sites for hydroxylation is 2. The van der Waals surface area contributed by atoms with Crippen molar-refractivity contribution in [1.82, 2.24) is 14.8 Å². The zero-order valence-corrected chi connectivity index (χ0v) is 12.4. The fourth-order valence-corrected chi connectivity index (χ4v) is 2.53. The number of fused-ring (bicyclic) bond motifs is 1. The van der Waals surface area contributed by atoms with Crippen LogP contribution in [0.4, 0.5) is 0 Å². The smallest absolute Gasteiger partial charge is 0.159 e. The molecule has 0 radical (unpaired) electrons. The molecule has 0 saturated carbocycles. The summed E-state index contributed by atoms with van der Waals surface area (Å²) in [5, 5.41) is 15.3. The number of para-hydroxylation sites is 1. The lowest BCUT2D eigenvalue weighted by molar-refractivity contribution is 0.281. The number of hydrogen-bond donors (Lipinski definition) is 1. The summed E-state index contributed by atoms with van der Waals surface area (Å²) in [4.78, 5) is 4.71. The van der Waals surface area contributed by atoms with Crippen LogP contribution in [0.5, 0.6) is 0 Å². The Labute approximate surface area is 124 Å². The van der Waals surface area contributed by atoms with E-state index < -0.39 is 0 Å². The molecule has 4 heteroatoms. The maximum Gasteiger partial charge on any atom is 0.159 e. The minimum atomic E-state index is -0.0440. The van der Waals surface area contributed by atoms with Gasteiger partial charge in [-0.05, 0) is 31.0 Å². The van der Waals surface area contributed by atoms with Gasteiger partial charge < -0.3 is 5.11 Å². The van der Waals surface area contributed by atoms with Gasteiger partial charge in [0.25, 0.3) is 0 Å². The Morgan fingerprint density at radius 2 is 1.90 bits per heavy atom. The lowest BCUT2D eigenvalue weighted by Crippen LogP contribution is -2.08. The molecule has 0 atom stereocenters. The Hall–Kier alpha value is -2.20. The van der Waals surface area contributed by atoms with Crippen molar-refractivity contribution >= 4 is 10.9 Å². The molecule has 0 bridgehead atoms. The molecule has 2 heterocycles. The second-order valence-electron chi connectivity index (χ2n) is 5.07. The standard InChI is InChI=1S/C17H19N3O/c1-3-14-10-15(4-2)20(19-14)17-13(11-21)9-12-7-5-6-8-16(12)18-17/h5-10,21H,3-4,11H2,1-2H3. The molecule has 0 unspecified atom stereocenters. The van der Waals surface area contributed by atoms with Crippen molar-refractivity contribution in [3.05, 3.63) is 53.3 Å². The molecule has 0 aliphatic rings. The molecular formula is C17H19N3O. The van der Waals surface area contributed by atoms with Gasteiger partial charge in [-0.1, -0.05) is 32.0 Å². The van der Waals surface area contributed by atoms with Crippen LogP contribution >= 0.6 is 0 Å². The maximum absolute atomic E-state index is 9.69. The number of hydrogen-bond acceptors (Lipinski definition) is 3. The van der Waals surface area contributed by atoms with Crippen LogP contribution in [0.3, 0.4) is 0 Å². The normalized spacial score (nSPS) is 11.2. The molecule has 21 heavy (non-hydrogen) atoms. The van der Waals surface area contributed by atoms with E-state index in [0.29, 0.717) is 0 Å². The summed E-state index contributed by atoms with van der Waals surface area (Å²) in [7, 11) is 0. The van der Waals surface area contributed by atoms with Crippen molar-refractivity contribution < 1.29 is 5.11 Å². The molecule has 4 nitrogen and oxygen atoms in total. The van der Waals surface area contributed by atoms with Crippen molar-refractivity contribution in [3.63, 3.8) is 0 Å². The SMILES string of the molecule is CCc1cc(CC)n(-c2nc3ccccc3cc2CO)n1. The van der Waals surface area contributed by atoms with Crippen LogP contribution in [-0.4, -0.2) is 19.9 Å². The molecule has 0 aliphatic heterocycles. The van der Waals surface area contributed by atoms with Gasteiger partial charge in [-0.25, -0.2) is 9.67 Å². The molecule has 0 spiro atoms. The maximum atomic E-state index is 9.69. The highest BCUT2D eigenvalue weighted by molar-refractivity contribution is 5.80. The Morgan fingerprint density at radius 1 is 1.10 bits per heavy atom. The Kier molecular flexibility index (Phi) is 3.71. The molecular weight excluding hydrogens is 262 g/mol. The van der Waals surface area contributed by atoms with Crippen molar-refractivity contribution in [2.75, 3.05) is 0 Å². The summed E-state index contributed by atoms with van der Waals surface area (Å²) in [5.74, 6) is 0.729. The monoisotopic (exact) mass is 281 g/mol. The van der Waals surface area contributed by atoms with Gasteiger partial charge >= 0.3 is 0 Å². The molecule has 2 aromatic heterocycles. The van der Waals surface area contributed by atoms with Crippen LogP contribution < -0.4 is 0 Å². The fraction of sp³-hybridized carbons (Fsp3) is 0.294. The van der Waals surface area contributed by atoms with E-state index in [1.807, 2.05) is 35.0 Å². The highest BCUT2D eigenvalue weighted by Crippen LogP contribution is 2.21. The first-order valence-corrected chi connectivity index (χ1v) is 7.34. The van der Waals surface area contributed by atoms with Crippen LogP contribution in [0.1, 0.15) is 30.8 Å². The second kappa shape index (κ2) is 5.66. The topological polar surface area (TPSA) is 50.9 Å². The zero-order chi connectivity index (χ0) is 14.8. The summed E-state index contributed by atoms with van der Waals surface area (Å²) >= 11 is 0. The third-order valence-electron chi connectivity index (χ3n) is 3.71. The fourth-order valence-electron chi connectivity index (χ4n) is 2.53. The summed E-state index contributed by atoms with van der Waals surface area (Å²) < 4.78 is 1.87. The molecule has 0 amide bonds. The van der Waals surface area contributed by atoms with E-state index in [-0.39, 0.29) is 6.61 Å². The largest absolute Gasteiger partial charge is 0.392 e. The van der Waals surface area contributed by atoms with Crippen molar-refractivity contribution in [2.45, 2.75) is 33.3 Å². The van der Waals surface area contributed by atoms with E-state index in [1.54, 1.807) is 0 Å². The van der Waals surface area contributed by atoms with Gasteiger partial charge in [0.1, 0.15) is 0 Å². The van der Waals surface area contributed by atoms with Crippen LogP contribution in [0, 0.1) is 0 Å². The first-order chi connectivity index (χ1) is 10.3. The molecule has 1 N–H and O–H groups in total. The number of benzene rings is 1. The lowest BCUT2D eigenvalue weighted by atomic mass is 10.1. The van der Waals surface area contributed by atoms with Crippen molar-refractivity contribution in [2.24, 2.45) is 0 Å². The average Bonchev–Trinajstić information content (AvgIpc) is 2.96. The van der Waals surface area contributed by atoms with Crippen LogP contribution in [0.2, 0.25) is 0 Å². The number of rotatable bonds is 4. The quantitative estimate of drug-likeness (QED) is 0.799. The molecule has 3 rings (SSSR count). The highest BCUT2D eigenvalue weighted by atomic mass is 16.3. The molecule has 0 aliphatic carbocycles. The summed E-state index contributed by atoms with van der Waals surface area (Å²) in [5.41, 5.74) is 3.88. The Balaban J connectivity index is 2.25. The summed E-state index contributed by atoms with van der Waals surface area (Å²) in [6, 6.07) is 12.0. The third-order valence-corrected chi connectivity index (χ3v) is 3.71. The summed E-state index contributed by atoms with van der Waals surface area (Å²) in [6.45, 7) is 4.15. The third kappa shape index (κ3) is 2.43. The van der Waals surface area contributed by atoms with Gasteiger partial charge in [0, 0.05) is 16.6 Å². The Bertz CT molecular complexity index is 777. The molecule has 0 fully saturated rings. The van der Waals surface area contributed by atoms with Gasteiger partial charge in [0.15, 0.2) is 5.82 Å². The first-order valence-electron chi connectivity index (χ1n) is 7.34. The first kappa shape index (κ1) is 13.8. The zero-order valence-electron chi connectivity index (χ0n) is 12.4. The second-order valence-corrected chi connectivity index (χ2v) is 5.07. The predicted octanol–water partition coefficient (Wildman–Crippen LogP) is 3.04. The van der Waals surface area contributed by atoms with E-state index in [4.69, 9.17) is 4.98 Å². The van der Waals surface area contributed by atoms with Crippen LogP contribution in [0.15, 0.2) is 36.4 Å². The minimum Gasteiger partial charge on any atom is -0.392 e. The Morgan fingerprint density at radius 3 is 2.62 bits per heavy atom. The number of nitrogens with zero attached hydrogens (tertiary/aromatic N) is 3. The number of aliphatic hydroxyl groups excluding tert-OH is 1. The van der Waals surface area contributed by atoms with Crippen molar-refractivity contribution in [3.8, 4) is 5.82 Å². The molecule has 108 valence electrons. The van der Waals surface area contributed by atoms with Crippen LogP contribution in [0.25, 0.3) is 16.7 Å². The number of pyridine rings is 1. The predicted molar refractivity (Wildman–Crippen MR) is 83.5 cm³/mol. The van der Waals surface area contributed by atoms with Gasteiger partial charge in [-0.2, -0.15) is 5.10 Å². The molecule has 0 saturated heterocycles. The number of aromatic nitrogens is 3. The van der Waals surface area contributed by atoms with Gasteiger partial charge in [-0.15, -0.1) is 0 Å². The van der Waals surface area contributed by atoms with E-state index in [0.717, 1.165) is 46.5 Å². The number of aliphatic hydroxyl groups is 1. The van der Waals surface area contributed by atoms with Crippen LogP contribution in [-0.2, 0) is 19.4 Å². The van der Waals surface area contributed by atoms with Gasteiger partial charge in [0.05, 0.1) is 17.8 Å². The van der Waals surface area contributed by atoms with Gasteiger partial charge in [-0.3, -0.25) is 0 Å². The van der Waals surface area contributed by atoms with E-state index in [9.17, 15) is 5.11 Å². The molecule has 3 aromatic rings. The minimum absolute atomic E-state index is 0.0440.